The number of aromatic carboxylic acids is 1. The summed E-state index contributed by atoms with van der Waals surface area (Å²) in [5.41, 5.74) is 1.40. The molecule has 0 saturated heterocycles. The number of hydrogen-bond acceptors (Lipinski definition) is 2. The molecule has 0 aliphatic heterocycles. The Kier molecular flexibility index (Phi) is 1.85. The van der Waals surface area contributed by atoms with Crippen molar-refractivity contribution in [1.29, 1.82) is 0 Å². The van der Waals surface area contributed by atoms with E-state index in [9.17, 15) is 4.79 Å². The molecule has 0 aliphatic carbocycles. The molecule has 0 spiro atoms. The molecule has 2 rings (SSSR count). The summed E-state index contributed by atoms with van der Waals surface area (Å²) >= 11 is 0. The lowest BCUT2D eigenvalue weighted by Crippen LogP contribution is -2.01. The van der Waals surface area contributed by atoms with Crippen LogP contribution in [0.2, 0.25) is 0 Å². The van der Waals surface area contributed by atoms with Crippen molar-refractivity contribution in [2.45, 2.75) is 0 Å². The molecule has 2 N–H and O–H groups in total. The SMILES string of the molecule is Cn1cnc(C(=O)O)c1-c1ccc[nH]1. The minimum absolute atomic E-state index is 0.0648. The van der Waals surface area contributed by atoms with Crippen molar-refractivity contribution in [2.75, 3.05) is 0 Å². The molecule has 2 aromatic heterocycles. The molecule has 72 valence electrons. The van der Waals surface area contributed by atoms with Gasteiger partial charge < -0.3 is 14.7 Å². The third-order valence-electron chi connectivity index (χ3n) is 1.99. The van der Waals surface area contributed by atoms with E-state index in [-0.39, 0.29) is 5.69 Å². The summed E-state index contributed by atoms with van der Waals surface area (Å²) < 4.78 is 1.68. The van der Waals surface area contributed by atoms with Gasteiger partial charge in [0.05, 0.1) is 17.7 Å². The molecule has 0 amide bonds. The molecule has 0 aromatic carbocycles. The van der Waals surface area contributed by atoms with Gasteiger partial charge in [-0.05, 0) is 12.1 Å². The molecule has 2 aromatic rings. The van der Waals surface area contributed by atoms with Gasteiger partial charge in [-0.3, -0.25) is 0 Å². The number of aryl methyl sites for hydroxylation is 1. The zero-order valence-corrected chi connectivity index (χ0v) is 7.56. The summed E-state index contributed by atoms with van der Waals surface area (Å²) in [7, 11) is 1.76. The first kappa shape index (κ1) is 8.55. The molecule has 0 fully saturated rings. The number of hydrogen-bond donors (Lipinski definition) is 2. The Bertz CT molecular complexity index is 456. The fourth-order valence-corrected chi connectivity index (χ4v) is 1.38. The van der Waals surface area contributed by atoms with Crippen LogP contribution in [0.4, 0.5) is 0 Å². The van der Waals surface area contributed by atoms with E-state index in [0.29, 0.717) is 5.69 Å². The summed E-state index contributed by atoms with van der Waals surface area (Å²) in [5, 5.41) is 8.89. The van der Waals surface area contributed by atoms with Crippen LogP contribution in [0.25, 0.3) is 11.4 Å². The number of carboxylic acids is 1. The largest absolute Gasteiger partial charge is 0.476 e. The maximum Gasteiger partial charge on any atom is 0.356 e. The van der Waals surface area contributed by atoms with Crippen molar-refractivity contribution >= 4 is 5.97 Å². The Morgan fingerprint density at radius 2 is 2.43 bits per heavy atom. The highest BCUT2D eigenvalue weighted by Crippen LogP contribution is 2.20. The first-order valence-electron chi connectivity index (χ1n) is 4.08. The average Bonchev–Trinajstić information content (AvgIpc) is 2.71. The molecule has 2 heterocycles. The van der Waals surface area contributed by atoms with Crippen LogP contribution in [0.3, 0.4) is 0 Å². The third-order valence-corrected chi connectivity index (χ3v) is 1.99. The molecule has 0 saturated carbocycles. The molecule has 14 heavy (non-hydrogen) atoms. The Labute approximate surface area is 80.0 Å². The van der Waals surface area contributed by atoms with E-state index in [1.807, 2.05) is 12.1 Å². The van der Waals surface area contributed by atoms with E-state index in [4.69, 9.17) is 5.11 Å². The molecule has 0 radical (unpaired) electrons. The monoisotopic (exact) mass is 191 g/mol. The fourth-order valence-electron chi connectivity index (χ4n) is 1.38. The maximum absolute atomic E-state index is 10.8. The lowest BCUT2D eigenvalue weighted by Gasteiger charge is -2.00. The van der Waals surface area contributed by atoms with Crippen molar-refractivity contribution in [3.63, 3.8) is 0 Å². The van der Waals surface area contributed by atoms with Gasteiger partial charge in [0, 0.05) is 13.2 Å². The molecule has 0 bridgehead atoms. The predicted octanol–water partition coefficient (Wildman–Crippen LogP) is 1.11. The van der Waals surface area contributed by atoms with Gasteiger partial charge in [0.2, 0.25) is 0 Å². The Morgan fingerprint density at radius 1 is 1.64 bits per heavy atom. The summed E-state index contributed by atoms with van der Waals surface area (Å²) in [6, 6.07) is 3.62. The standard InChI is InChI=1S/C9H9N3O2/c1-12-5-11-7(9(13)14)8(12)6-3-2-4-10-6/h2-5,10H,1H3,(H,13,14). The van der Waals surface area contributed by atoms with Crippen LogP contribution >= 0.6 is 0 Å². The van der Waals surface area contributed by atoms with Gasteiger partial charge in [-0.25, -0.2) is 9.78 Å². The van der Waals surface area contributed by atoms with Gasteiger partial charge in [-0.15, -0.1) is 0 Å². The van der Waals surface area contributed by atoms with Crippen molar-refractivity contribution in [2.24, 2.45) is 7.05 Å². The van der Waals surface area contributed by atoms with E-state index in [0.717, 1.165) is 5.69 Å². The Morgan fingerprint density at radius 3 is 3.00 bits per heavy atom. The first-order valence-corrected chi connectivity index (χ1v) is 4.08. The summed E-state index contributed by atoms with van der Waals surface area (Å²) in [5.74, 6) is -1.02. The highest BCUT2D eigenvalue weighted by molar-refractivity contribution is 5.92. The third kappa shape index (κ3) is 1.19. The van der Waals surface area contributed by atoms with Crippen LogP contribution in [0, 0.1) is 0 Å². The zero-order chi connectivity index (χ0) is 10.1. The number of aromatic amines is 1. The van der Waals surface area contributed by atoms with Crippen LogP contribution in [0.5, 0.6) is 0 Å². The van der Waals surface area contributed by atoms with Crippen LogP contribution in [-0.2, 0) is 7.05 Å². The van der Waals surface area contributed by atoms with Gasteiger partial charge in [-0.1, -0.05) is 0 Å². The maximum atomic E-state index is 10.8. The van der Waals surface area contributed by atoms with Gasteiger partial charge in [0.1, 0.15) is 0 Å². The number of imidazole rings is 1. The van der Waals surface area contributed by atoms with E-state index in [1.54, 1.807) is 17.8 Å². The van der Waals surface area contributed by atoms with Crippen LogP contribution < -0.4 is 0 Å². The van der Waals surface area contributed by atoms with Crippen LogP contribution in [0.1, 0.15) is 10.5 Å². The highest BCUT2D eigenvalue weighted by Gasteiger charge is 2.17. The lowest BCUT2D eigenvalue weighted by molar-refractivity contribution is 0.0692. The number of nitrogens with zero attached hydrogens (tertiary/aromatic N) is 2. The van der Waals surface area contributed by atoms with Gasteiger partial charge in [-0.2, -0.15) is 0 Å². The normalized spacial score (nSPS) is 10.4. The molecular weight excluding hydrogens is 182 g/mol. The van der Waals surface area contributed by atoms with Gasteiger partial charge >= 0.3 is 5.97 Å². The van der Waals surface area contributed by atoms with Gasteiger partial charge in [0.15, 0.2) is 5.69 Å². The topological polar surface area (TPSA) is 70.9 Å². The predicted molar refractivity (Wildman–Crippen MR) is 50.0 cm³/mol. The Balaban J connectivity index is 2.62. The van der Waals surface area contributed by atoms with Crippen molar-refractivity contribution in [3.05, 3.63) is 30.4 Å². The lowest BCUT2D eigenvalue weighted by atomic mass is 10.2. The number of aromatic nitrogens is 3. The van der Waals surface area contributed by atoms with E-state index < -0.39 is 5.97 Å². The summed E-state index contributed by atoms with van der Waals surface area (Å²) in [4.78, 5) is 17.6. The second kappa shape index (κ2) is 3.02. The number of carboxylic acid groups (broad SMARTS) is 1. The van der Waals surface area contributed by atoms with Crippen molar-refractivity contribution in [3.8, 4) is 11.4 Å². The van der Waals surface area contributed by atoms with E-state index >= 15 is 0 Å². The van der Waals surface area contributed by atoms with E-state index in [1.165, 1.54) is 6.33 Å². The summed E-state index contributed by atoms with van der Waals surface area (Å²) in [6.07, 6.45) is 3.23. The molecule has 0 unspecified atom stereocenters. The van der Waals surface area contributed by atoms with Gasteiger partial charge in [0.25, 0.3) is 0 Å². The second-order valence-corrected chi connectivity index (χ2v) is 2.94. The minimum atomic E-state index is -1.02. The number of rotatable bonds is 2. The molecule has 0 atom stereocenters. The number of H-pyrrole nitrogens is 1. The zero-order valence-electron chi connectivity index (χ0n) is 7.56. The van der Waals surface area contributed by atoms with Crippen molar-refractivity contribution < 1.29 is 9.90 Å². The molecular formula is C9H9N3O2. The average molecular weight is 191 g/mol. The number of nitrogens with one attached hydrogen (secondary N) is 1. The first-order chi connectivity index (χ1) is 6.70. The van der Waals surface area contributed by atoms with E-state index in [2.05, 4.69) is 9.97 Å². The van der Waals surface area contributed by atoms with Crippen molar-refractivity contribution in [1.82, 2.24) is 14.5 Å². The number of carbonyl (C=O) groups is 1. The molecule has 5 nitrogen and oxygen atoms in total. The molecule has 5 heteroatoms. The second-order valence-electron chi connectivity index (χ2n) is 2.94. The summed E-state index contributed by atoms with van der Waals surface area (Å²) in [6.45, 7) is 0. The van der Waals surface area contributed by atoms with Crippen LogP contribution in [-0.4, -0.2) is 25.6 Å². The van der Waals surface area contributed by atoms with Crippen LogP contribution in [0.15, 0.2) is 24.7 Å². The Hall–Kier alpha value is -2.04. The quantitative estimate of drug-likeness (QED) is 0.747. The smallest absolute Gasteiger partial charge is 0.356 e. The minimum Gasteiger partial charge on any atom is -0.476 e. The fraction of sp³-hybridized carbons (Fsp3) is 0.111. The molecule has 0 aliphatic rings. The highest BCUT2D eigenvalue weighted by atomic mass is 16.4.